The third-order valence-electron chi connectivity index (χ3n) is 2.95. The van der Waals surface area contributed by atoms with Crippen LogP contribution in [0.5, 0.6) is 5.75 Å². The Morgan fingerprint density at radius 2 is 2.25 bits per heavy atom. The van der Waals surface area contributed by atoms with Crippen molar-refractivity contribution in [3.8, 4) is 17.1 Å². The van der Waals surface area contributed by atoms with E-state index in [0.29, 0.717) is 22.7 Å². The molecule has 0 radical (unpaired) electrons. The second-order valence-electron chi connectivity index (χ2n) is 4.33. The van der Waals surface area contributed by atoms with Crippen LogP contribution < -0.4 is 10.1 Å². The minimum Gasteiger partial charge on any atom is -0.482 e. The van der Waals surface area contributed by atoms with Gasteiger partial charge in [0.05, 0.1) is 11.4 Å². The molecule has 1 aliphatic heterocycles. The Labute approximate surface area is 113 Å². The van der Waals surface area contributed by atoms with Gasteiger partial charge in [-0.3, -0.25) is 4.79 Å². The Kier molecular flexibility index (Phi) is 2.67. The molecule has 1 aromatic heterocycles. The number of hydrogen-bond acceptors (Lipinski definition) is 5. The number of amides is 1. The highest BCUT2D eigenvalue weighted by Crippen LogP contribution is 2.34. The number of nitrogens with one attached hydrogen (secondary N) is 1. The molecule has 2 aromatic rings. The zero-order valence-corrected chi connectivity index (χ0v) is 10.5. The fourth-order valence-corrected chi connectivity index (χ4v) is 2.04. The molecule has 1 aromatic carbocycles. The van der Waals surface area contributed by atoms with E-state index in [1.807, 2.05) is 0 Å². The lowest BCUT2D eigenvalue weighted by molar-refractivity contribution is -0.118. The van der Waals surface area contributed by atoms with Crippen LogP contribution in [-0.4, -0.2) is 28.7 Å². The second-order valence-corrected chi connectivity index (χ2v) is 4.33. The molecule has 1 aliphatic rings. The molecule has 2 N–H and O–H groups in total. The molecule has 0 fully saturated rings. The van der Waals surface area contributed by atoms with Gasteiger partial charge in [-0.2, -0.15) is 0 Å². The second kappa shape index (κ2) is 4.37. The summed E-state index contributed by atoms with van der Waals surface area (Å²) < 4.78 is 10.3. The number of anilines is 1. The van der Waals surface area contributed by atoms with Crippen LogP contribution in [0.3, 0.4) is 0 Å². The number of benzene rings is 1. The Balaban J connectivity index is 2.10. The average Bonchev–Trinajstić information content (AvgIpc) is 2.80. The molecule has 0 atom stereocenters. The molecule has 0 saturated carbocycles. The van der Waals surface area contributed by atoms with Gasteiger partial charge in [-0.15, -0.1) is 0 Å². The summed E-state index contributed by atoms with van der Waals surface area (Å²) in [5, 5.41) is 15.5. The van der Waals surface area contributed by atoms with E-state index < -0.39 is 5.97 Å². The van der Waals surface area contributed by atoms with E-state index in [4.69, 9.17) is 9.26 Å². The summed E-state index contributed by atoms with van der Waals surface area (Å²) in [6, 6.07) is 4.90. The SMILES string of the molecule is Cc1noc(-c2ccc3c(c2)NC(=O)CO3)c1C(=O)O. The van der Waals surface area contributed by atoms with Crippen molar-refractivity contribution < 1.29 is 24.0 Å². The van der Waals surface area contributed by atoms with Crippen LogP contribution in [0.25, 0.3) is 11.3 Å². The third-order valence-corrected chi connectivity index (χ3v) is 2.95. The molecule has 0 aliphatic carbocycles. The van der Waals surface area contributed by atoms with Crippen molar-refractivity contribution in [3.63, 3.8) is 0 Å². The molecule has 7 heteroatoms. The van der Waals surface area contributed by atoms with E-state index >= 15 is 0 Å². The lowest BCUT2D eigenvalue weighted by atomic mass is 10.1. The number of rotatable bonds is 2. The number of hydrogen-bond donors (Lipinski definition) is 2. The molecule has 0 spiro atoms. The Bertz CT molecular complexity index is 720. The number of carboxylic acid groups (broad SMARTS) is 1. The summed E-state index contributed by atoms with van der Waals surface area (Å²) in [5.74, 6) is -0.697. The predicted molar refractivity (Wildman–Crippen MR) is 67.8 cm³/mol. The zero-order chi connectivity index (χ0) is 14.3. The smallest absolute Gasteiger partial charge is 0.341 e. The number of carbonyl (C=O) groups excluding carboxylic acids is 1. The van der Waals surface area contributed by atoms with Crippen LogP contribution >= 0.6 is 0 Å². The third kappa shape index (κ3) is 1.89. The van der Waals surface area contributed by atoms with E-state index in [2.05, 4.69) is 10.5 Å². The van der Waals surface area contributed by atoms with Gasteiger partial charge in [0.25, 0.3) is 5.91 Å². The summed E-state index contributed by atoms with van der Waals surface area (Å²) in [6.07, 6.45) is 0. The maximum Gasteiger partial charge on any atom is 0.341 e. The minimum atomic E-state index is -1.11. The molecule has 20 heavy (non-hydrogen) atoms. The van der Waals surface area contributed by atoms with E-state index in [9.17, 15) is 14.7 Å². The first-order valence-corrected chi connectivity index (χ1v) is 5.83. The standard InChI is InChI=1S/C13H10N2O5/c1-6-11(13(17)18)12(20-15-6)7-2-3-9-8(4-7)14-10(16)5-19-9/h2-4H,5H2,1H3,(H,14,16)(H,17,18). The van der Waals surface area contributed by atoms with Gasteiger partial charge in [-0.1, -0.05) is 5.16 Å². The van der Waals surface area contributed by atoms with Crippen molar-refractivity contribution in [1.29, 1.82) is 0 Å². The minimum absolute atomic E-state index is 0.00741. The Hall–Kier alpha value is -2.83. The summed E-state index contributed by atoms with van der Waals surface area (Å²) in [5.41, 5.74) is 1.29. The fraction of sp³-hybridized carbons (Fsp3) is 0.154. The van der Waals surface area contributed by atoms with Gasteiger partial charge in [0, 0.05) is 5.56 Å². The summed E-state index contributed by atoms with van der Waals surface area (Å²) in [4.78, 5) is 22.5. The van der Waals surface area contributed by atoms with Crippen LogP contribution in [0.4, 0.5) is 5.69 Å². The molecular formula is C13H10N2O5. The lowest BCUT2D eigenvalue weighted by Gasteiger charge is -2.18. The topological polar surface area (TPSA) is 102 Å². The van der Waals surface area contributed by atoms with Crippen LogP contribution in [0.15, 0.2) is 22.7 Å². The summed E-state index contributed by atoms with van der Waals surface area (Å²) in [7, 11) is 0. The molecule has 1 amide bonds. The van der Waals surface area contributed by atoms with Crippen LogP contribution in [0.1, 0.15) is 16.1 Å². The van der Waals surface area contributed by atoms with Crippen LogP contribution in [0, 0.1) is 6.92 Å². The molecular weight excluding hydrogens is 264 g/mol. The molecule has 2 heterocycles. The van der Waals surface area contributed by atoms with Gasteiger partial charge in [0.2, 0.25) is 0 Å². The highest BCUT2D eigenvalue weighted by Gasteiger charge is 2.23. The van der Waals surface area contributed by atoms with Gasteiger partial charge in [-0.05, 0) is 25.1 Å². The number of carboxylic acids is 1. The van der Waals surface area contributed by atoms with Crippen molar-refractivity contribution in [2.24, 2.45) is 0 Å². The lowest BCUT2D eigenvalue weighted by Crippen LogP contribution is -2.25. The molecule has 7 nitrogen and oxygen atoms in total. The van der Waals surface area contributed by atoms with E-state index in [1.165, 1.54) is 0 Å². The zero-order valence-electron chi connectivity index (χ0n) is 10.5. The van der Waals surface area contributed by atoms with E-state index in [0.717, 1.165) is 0 Å². The number of aryl methyl sites for hydroxylation is 1. The van der Waals surface area contributed by atoms with Crippen molar-refractivity contribution in [1.82, 2.24) is 5.16 Å². The number of nitrogens with zero attached hydrogens (tertiary/aromatic N) is 1. The van der Waals surface area contributed by atoms with Gasteiger partial charge >= 0.3 is 5.97 Å². The first-order valence-electron chi connectivity index (χ1n) is 5.83. The number of ether oxygens (including phenoxy) is 1. The highest BCUT2D eigenvalue weighted by atomic mass is 16.5. The van der Waals surface area contributed by atoms with Gasteiger partial charge in [0.15, 0.2) is 12.4 Å². The summed E-state index contributed by atoms with van der Waals surface area (Å²) in [6.45, 7) is 1.52. The number of fused-ring (bicyclic) bond motifs is 1. The molecule has 102 valence electrons. The maximum absolute atomic E-state index is 11.3. The first-order chi connectivity index (χ1) is 9.56. The highest BCUT2D eigenvalue weighted by molar-refractivity contribution is 5.98. The van der Waals surface area contributed by atoms with Crippen molar-refractivity contribution >= 4 is 17.6 Å². The Morgan fingerprint density at radius 3 is 3.00 bits per heavy atom. The normalized spacial score (nSPS) is 13.3. The number of aromatic carboxylic acids is 1. The number of carbonyl (C=O) groups is 2. The van der Waals surface area contributed by atoms with Crippen LogP contribution in [0.2, 0.25) is 0 Å². The van der Waals surface area contributed by atoms with Gasteiger partial charge in [-0.25, -0.2) is 4.79 Å². The predicted octanol–water partition coefficient (Wildman–Crippen LogP) is 1.68. The molecule has 0 unspecified atom stereocenters. The van der Waals surface area contributed by atoms with Gasteiger partial charge < -0.3 is 19.7 Å². The quantitative estimate of drug-likeness (QED) is 0.863. The van der Waals surface area contributed by atoms with Crippen molar-refractivity contribution in [2.75, 3.05) is 11.9 Å². The van der Waals surface area contributed by atoms with Crippen LogP contribution in [-0.2, 0) is 4.79 Å². The summed E-state index contributed by atoms with van der Waals surface area (Å²) >= 11 is 0. The molecule has 0 saturated heterocycles. The first kappa shape index (κ1) is 12.2. The maximum atomic E-state index is 11.3. The van der Waals surface area contributed by atoms with E-state index in [-0.39, 0.29) is 23.8 Å². The monoisotopic (exact) mass is 274 g/mol. The van der Waals surface area contributed by atoms with E-state index in [1.54, 1.807) is 25.1 Å². The number of aromatic nitrogens is 1. The van der Waals surface area contributed by atoms with Crippen molar-refractivity contribution in [2.45, 2.75) is 6.92 Å². The fourth-order valence-electron chi connectivity index (χ4n) is 2.04. The van der Waals surface area contributed by atoms with Crippen molar-refractivity contribution in [3.05, 3.63) is 29.5 Å². The largest absolute Gasteiger partial charge is 0.482 e. The average molecular weight is 274 g/mol. The Morgan fingerprint density at radius 1 is 1.45 bits per heavy atom. The van der Waals surface area contributed by atoms with Gasteiger partial charge in [0.1, 0.15) is 11.3 Å². The molecule has 0 bridgehead atoms. The molecule has 3 rings (SSSR count).